The van der Waals surface area contributed by atoms with Gasteiger partial charge in [-0.2, -0.15) is 0 Å². The second kappa shape index (κ2) is 8.15. The maximum absolute atomic E-state index is 12.2. The van der Waals surface area contributed by atoms with Crippen molar-refractivity contribution in [3.05, 3.63) is 64.1 Å². The Kier molecular flexibility index (Phi) is 5.70. The number of ether oxygens (including phenoxy) is 1. The topological polar surface area (TPSA) is 34.5 Å². The summed E-state index contributed by atoms with van der Waals surface area (Å²) < 4.78 is 7.90. The molecule has 0 spiro atoms. The van der Waals surface area contributed by atoms with Crippen molar-refractivity contribution < 1.29 is 4.74 Å². The molecule has 1 fully saturated rings. The lowest BCUT2D eigenvalue weighted by Crippen LogP contribution is -2.33. The molecule has 1 aliphatic rings. The zero-order valence-electron chi connectivity index (χ0n) is 14.4. The van der Waals surface area contributed by atoms with Gasteiger partial charge in [-0.1, -0.05) is 36.8 Å². The smallest absolute Gasteiger partial charge is 0.223 e. The molecule has 0 aliphatic carbocycles. The van der Waals surface area contributed by atoms with Crippen LogP contribution < -0.4 is 10.2 Å². The van der Waals surface area contributed by atoms with Gasteiger partial charge in [-0.15, -0.1) is 0 Å². The first kappa shape index (κ1) is 16.8. The largest absolute Gasteiger partial charge is 0.483 e. The fraction of sp³-hybridized carbons (Fsp3) is 0.450. The average molecular weight is 326 g/mol. The highest BCUT2D eigenvalue weighted by atomic mass is 16.5. The predicted octanol–water partition coefficient (Wildman–Crippen LogP) is 3.22. The summed E-state index contributed by atoms with van der Waals surface area (Å²) in [6.45, 7) is 6.71. The Hall–Kier alpha value is -2.07. The number of rotatable bonds is 6. The number of aryl methyl sites for hydroxylation is 1. The molecule has 1 aromatic heterocycles. The van der Waals surface area contributed by atoms with Crippen molar-refractivity contribution in [1.82, 2.24) is 9.47 Å². The third-order valence-corrected chi connectivity index (χ3v) is 4.65. The predicted molar refractivity (Wildman–Crippen MR) is 96.5 cm³/mol. The first-order valence-corrected chi connectivity index (χ1v) is 8.82. The Morgan fingerprint density at radius 3 is 2.54 bits per heavy atom. The van der Waals surface area contributed by atoms with Crippen LogP contribution in [0.3, 0.4) is 0 Å². The average Bonchev–Trinajstić information content (AvgIpc) is 2.62. The summed E-state index contributed by atoms with van der Waals surface area (Å²) in [6, 6.07) is 11.6. The van der Waals surface area contributed by atoms with Crippen LogP contribution in [0.2, 0.25) is 0 Å². The van der Waals surface area contributed by atoms with Crippen molar-refractivity contribution in [3.8, 4) is 5.75 Å². The zero-order valence-corrected chi connectivity index (χ0v) is 14.4. The van der Waals surface area contributed by atoms with Crippen LogP contribution in [0.5, 0.6) is 5.75 Å². The molecule has 4 nitrogen and oxygen atoms in total. The summed E-state index contributed by atoms with van der Waals surface area (Å²) in [6.07, 6.45) is 5.82. The number of hydrogen-bond donors (Lipinski definition) is 0. The van der Waals surface area contributed by atoms with Gasteiger partial charge in [0.05, 0.1) is 6.20 Å². The molecule has 3 rings (SSSR count). The molecule has 128 valence electrons. The van der Waals surface area contributed by atoms with Crippen LogP contribution in [-0.2, 0) is 13.2 Å². The molecular weight excluding hydrogens is 300 g/mol. The highest BCUT2D eigenvalue weighted by Gasteiger charge is 2.11. The highest BCUT2D eigenvalue weighted by Crippen LogP contribution is 2.12. The lowest BCUT2D eigenvalue weighted by Gasteiger charge is -2.27. The summed E-state index contributed by atoms with van der Waals surface area (Å²) in [5.41, 5.74) is 2.01. The molecule has 0 bridgehead atoms. The Balaban J connectivity index is 1.65. The van der Waals surface area contributed by atoms with Gasteiger partial charge in [0.1, 0.15) is 6.61 Å². The Morgan fingerprint density at radius 2 is 1.79 bits per heavy atom. The number of hydrogen-bond acceptors (Lipinski definition) is 3. The van der Waals surface area contributed by atoms with Crippen molar-refractivity contribution in [3.63, 3.8) is 0 Å². The van der Waals surface area contributed by atoms with E-state index >= 15 is 0 Å². The molecule has 0 saturated carbocycles. The van der Waals surface area contributed by atoms with E-state index in [1.54, 1.807) is 6.07 Å². The van der Waals surface area contributed by atoms with Crippen LogP contribution in [0.25, 0.3) is 0 Å². The minimum atomic E-state index is -0.0438. The highest BCUT2D eigenvalue weighted by molar-refractivity contribution is 5.22. The molecule has 4 heteroatoms. The van der Waals surface area contributed by atoms with E-state index in [9.17, 15) is 4.79 Å². The third kappa shape index (κ3) is 4.48. The molecule has 1 saturated heterocycles. The number of aromatic nitrogens is 1. The fourth-order valence-corrected chi connectivity index (χ4v) is 3.17. The zero-order chi connectivity index (χ0) is 16.8. The van der Waals surface area contributed by atoms with E-state index in [1.165, 1.54) is 32.4 Å². The first-order valence-electron chi connectivity index (χ1n) is 8.82. The van der Waals surface area contributed by atoms with Gasteiger partial charge in [0, 0.05) is 24.8 Å². The minimum absolute atomic E-state index is 0.0438. The van der Waals surface area contributed by atoms with Crippen molar-refractivity contribution in [2.24, 2.45) is 0 Å². The maximum atomic E-state index is 12.2. The van der Waals surface area contributed by atoms with E-state index in [2.05, 4.69) is 9.47 Å². The number of likely N-dealkylation sites (tertiary alicyclic amines) is 1. The van der Waals surface area contributed by atoms with Gasteiger partial charge in [-0.05, 0) is 38.4 Å². The molecular formula is C20H26N2O2. The standard InChI is InChI=1S/C20H26N2O2/c1-17-14-19(23)20(24-16-18-8-4-2-5-9-18)15-22(17)13-12-21-10-6-3-7-11-21/h2,4-5,8-9,14-15H,3,6-7,10-13,16H2,1H3. The van der Waals surface area contributed by atoms with E-state index in [-0.39, 0.29) is 5.43 Å². The summed E-state index contributed by atoms with van der Waals surface area (Å²) in [7, 11) is 0. The number of benzene rings is 1. The van der Waals surface area contributed by atoms with Crippen LogP contribution >= 0.6 is 0 Å². The molecule has 2 heterocycles. The molecule has 1 aliphatic heterocycles. The van der Waals surface area contributed by atoms with Gasteiger partial charge < -0.3 is 14.2 Å². The van der Waals surface area contributed by atoms with Crippen molar-refractivity contribution >= 4 is 0 Å². The summed E-state index contributed by atoms with van der Waals surface area (Å²) in [5.74, 6) is 0.433. The molecule has 0 radical (unpaired) electrons. The van der Waals surface area contributed by atoms with Crippen molar-refractivity contribution in [2.45, 2.75) is 39.3 Å². The van der Waals surface area contributed by atoms with Crippen molar-refractivity contribution in [1.29, 1.82) is 0 Å². The summed E-state index contributed by atoms with van der Waals surface area (Å²) in [4.78, 5) is 14.7. The van der Waals surface area contributed by atoms with Crippen LogP contribution in [-0.4, -0.2) is 29.1 Å². The van der Waals surface area contributed by atoms with E-state index < -0.39 is 0 Å². The third-order valence-electron chi connectivity index (χ3n) is 4.65. The molecule has 1 aromatic carbocycles. The van der Waals surface area contributed by atoms with Crippen LogP contribution in [0.4, 0.5) is 0 Å². The fourth-order valence-electron chi connectivity index (χ4n) is 3.17. The van der Waals surface area contributed by atoms with E-state index in [0.29, 0.717) is 12.4 Å². The number of pyridine rings is 1. The van der Waals surface area contributed by atoms with E-state index in [4.69, 9.17) is 4.74 Å². The second-order valence-corrected chi connectivity index (χ2v) is 6.51. The molecule has 24 heavy (non-hydrogen) atoms. The second-order valence-electron chi connectivity index (χ2n) is 6.51. The summed E-state index contributed by atoms with van der Waals surface area (Å²) in [5, 5.41) is 0. The van der Waals surface area contributed by atoms with Crippen LogP contribution in [0.1, 0.15) is 30.5 Å². The SMILES string of the molecule is Cc1cc(=O)c(OCc2ccccc2)cn1CCN1CCCCC1. The van der Waals surface area contributed by atoms with Crippen molar-refractivity contribution in [2.75, 3.05) is 19.6 Å². The molecule has 0 amide bonds. The lowest BCUT2D eigenvalue weighted by atomic mass is 10.1. The van der Waals surface area contributed by atoms with Gasteiger partial charge in [0.2, 0.25) is 5.43 Å². The molecule has 0 N–H and O–H groups in total. The lowest BCUT2D eigenvalue weighted by molar-refractivity contribution is 0.219. The Morgan fingerprint density at radius 1 is 1.04 bits per heavy atom. The van der Waals surface area contributed by atoms with E-state index in [0.717, 1.165) is 24.3 Å². The van der Waals surface area contributed by atoms with Gasteiger partial charge in [0.25, 0.3) is 0 Å². The monoisotopic (exact) mass is 326 g/mol. The van der Waals surface area contributed by atoms with Gasteiger partial charge in [-0.25, -0.2) is 0 Å². The van der Waals surface area contributed by atoms with Gasteiger partial charge in [-0.3, -0.25) is 4.79 Å². The van der Waals surface area contributed by atoms with Crippen LogP contribution in [0, 0.1) is 6.92 Å². The first-order chi connectivity index (χ1) is 11.7. The molecule has 0 atom stereocenters. The van der Waals surface area contributed by atoms with Crippen LogP contribution in [0.15, 0.2) is 47.4 Å². The van der Waals surface area contributed by atoms with Gasteiger partial charge in [0.15, 0.2) is 5.75 Å². The minimum Gasteiger partial charge on any atom is -0.483 e. The molecule has 2 aromatic rings. The number of nitrogens with zero attached hydrogens (tertiary/aromatic N) is 2. The number of piperidine rings is 1. The normalized spacial score (nSPS) is 15.4. The Labute approximate surface area is 143 Å². The summed E-state index contributed by atoms with van der Waals surface area (Å²) >= 11 is 0. The maximum Gasteiger partial charge on any atom is 0.223 e. The van der Waals surface area contributed by atoms with Gasteiger partial charge >= 0.3 is 0 Å². The Bertz CT molecular complexity index is 703. The van der Waals surface area contributed by atoms with E-state index in [1.807, 2.05) is 43.5 Å². The quantitative estimate of drug-likeness (QED) is 0.817. The molecule has 0 unspecified atom stereocenters.